The van der Waals surface area contributed by atoms with Gasteiger partial charge in [-0.2, -0.15) is 5.10 Å². The number of hydroxylamine groups is 2. The summed E-state index contributed by atoms with van der Waals surface area (Å²) in [4.78, 5) is 17.6. The molecule has 0 radical (unpaired) electrons. The van der Waals surface area contributed by atoms with Crippen LogP contribution in [0.3, 0.4) is 0 Å². The summed E-state index contributed by atoms with van der Waals surface area (Å²) >= 11 is 6.19. The third-order valence-electron chi connectivity index (χ3n) is 5.22. The Morgan fingerprint density at radius 2 is 2.00 bits per heavy atom. The fourth-order valence-corrected chi connectivity index (χ4v) is 3.80. The maximum atomic E-state index is 12.2. The van der Waals surface area contributed by atoms with E-state index in [0.29, 0.717) is 36.8 Å². The van der Waals surface area contributed by atoms with E-state index in [1.807, 2.05) is 49.4 Å². The van der Waals surface area contributed by atoms with Crippen LogP contribution in [0.4, 0.5) is 10.6 Å². The van der Waals surface area contributed by atoms with Crippen LogP contribution in [0.5, 0.6) is 0 Å². The third-order valence-corrected chi connectivity index (χ3v) is 5.63. The summed E-state index contributed by atoms with van der Waals surface area (Å²) < 4.78 is 0. The monoisotopic (exact) mass is 400 g/mol. The molecule has 1 amide bonds. The number of carbonyl (C=O) groups is 1. The standard InChI is InChI=1S/C20H21ClN4O3/c1-13-15(6-4-7-16(13)21)20(27)9-11-25(12-10-20)28-19(26)22-18-14-5-2-3-8-17(14)23-24-18/h2-8,27H,9-12H2,1H3,(H2,22,23,24,26). The van der Waals surface area contributed by atoms with E-state index in [0.717, 1.165) is 22.0 Å². The Morgan fingerprint density at radius 3 is 2.79 bits per heavy atom. The van der Waals surface area contributed by atoms with Crippen molar-refractivity contribution in [1.82, 2.24) is 15.3 Å². The summed E-state index contributed by atoms with van der Waals surface area (Å²) in [6.07, 6.45) is 0.265. The Kier molecular flexibility index (Phi) is 4.97. The number of halogens is 1. The minimum absolute atomic E-state index is 0.414. The van der Waals surface area contributed by atoms with Crippen LogP contribution in [-0.2, 0) is 10.4 Å². The number of carbonyl (C=O) groups excluding carboxylic acids is 1. The summed E-state index contributed by atoms with van der Waals surface area (Å²) in [5.41, 5.74) is 1.55. The van der Waals surface area contributed by atoms with E-state index in [1.54, 1.807) is 5.06 Å². The van der Waals surface area contributed by atoms with Crippen LogP contribution < -0.4 is 5.32 Å². The number of aliphatic hydroxyl groups is 1. The first-order valence-electron chi connectivity index (χ1n) is 9.11. The van der Waals surface area contributed by atoms with Crippen LogP contribution in [0.15, 0.2) is 42.5 Å². The van der Waals surface area contributed by atoms with Gasteiger partial charge in [-0.05, 0) is 49.1 Å². The predicted octanol–water partition coefficient (Wildman–Crippen LogP) is 3.97. The van der Waals surface area contributed by atoms with E-state index in [-0.39, 0.29) is 0 Å². The quantitative estimate of drug-likeness (QED) is 0.618. The number of benzene rings is 2. The molecular weight excluding hydrogens is 380 g/mol. The van der Waals surface area contributed by atoms with Gasteiger partial charge in [0.05, 0.1) is 11.1 Å². The number of hydrogen-bond donors (Lipinski definition) is 3. The van der Waals surface area contributed by atoms with E-state index < -0.39 is 11.7 Å². The average molecular weight is 401 g/mol. The maximum Gasteiger partial charge on any atom is 0.432 e. The molecular formula is C20H21ClN4O3. The average Bonchev–Trinajstić information content (AvgIpc) is 3.09. The van der Waals surface area contributed by atoms with Crippen molar-refractivity contribution < 1.29 is 14.7 Å². The lowest BCUT2D eigenvalue weighted by molar-refractivity contribution is -0.148. The van der Waals surface area contributed by atoms with Gasteiger partial charge < -0.3 is 9.94 Å². The number of hydrogen-bond acceptors (Lipinski definition) is 5. The van der Waals surface area contributed by atoms with Gasteiger partial charge in [-0.15, -0.1) is 5.06 Å². The fourth-order valence-electron chi connectivity index (χ4n) is 3.62. The van der Waals surface area contributed by atoms with Crippen LogP contribution in [-0.4, -0.2) is 39.5 Å². The van der Waals surface area contributed by atoms with Gasteiger partial charge in [0.25, 0.3) is 0 Å². The normalized spacial score (nSPS) is 16.8. The van der Waals surface area contributed by atoms with Crippen molar-refractivity contribution in [2.75, 3.05) is 18.4 Å². The van der Waals surface area contributed by atoms with E-state index in [2.05, 4.69) is 15.5 Å². The van der Waals surface area contributed by atoms with Gasteiger partial charge in [0.15, 0.2) is 5.82 Å². The molecule has 1 aliphatic heterocycles. The second kappa shape index (κ2) is 7.43. The smallest absolute Gasteiger partial charge is 0.385 e. The lowest BCUT2D eigenvalue weighted by Gasteiger charge is -2.38. The van der Waals surface area contributed by atoms with Gasteiger partial charge in [-0.3, -0.25) is 10.4 Å². The summed E-state index contributed by atoms with van der Waals surface area (Å²) in [6.45, 7) is 2.73. The molecule has 2 heterocycles. The SMILES string of the molecule is Cc1c(Cl)cccc1C1(O)CCN(OC(=O)Nc2n[nH]c3ccccc23)CC1. The molecule has 0 saturated carbocycles. The van der Waals surface area contributed by atoms with Gasteiger partial charge in [-0.1, -0.05) is 35.9 Å². The molecule has 0 unspecified atom stereocenters. The minimum atomic E-state index is -0.982. The van der Waals surface area contributed by atoms with Crippen molar-refractivity contribution >= 4 is 34.4 Å². The molecule has 3 aromatic rings. The van der Waals surface area contributed by atoms with Crippen molar-refractivity contribution in [1.29, 1.82) is 0 Å². The van der Waals surface area contributed by atoms with E-state index in [9.17, 15) is 9.90 Å². The van der Waals surface area contributed by atoms with Crippen LogP contribution >= 0.6 is 11.6 Å². The molecule has 1 fully saturated rings. The lowest BCUT2D eigenvalue weighted by atomic mass is 9.83. The first kappa shape index (κ1) is 18.7. The molecule has 28 heavy (non-hydrogen) atoms. The Balaban J connectivity index is 1.37. The molecule has 7 nitrogen and oxygen atoms in total. The Hall–Kier alpha value is -2.61. The van der Waals surface area contributed by atoms with Gasteiger partial charge in [0.1, 0.15) is 0 Å². The Morgan fingerprint density at radius 1 is 1.25 bits per heavy atom. The number of para-hydroxylation sites is 1. The summed E-state index contributed by atoms with van der Waals surface area (Å²) in [5, 5.41) is 23.7. The Bertz CT molecular complexity index is 1010. The van der Waals surface area contributed by atoms with Crippen LogP contribution in [0.25, 0.3) is 10.9 Å². The molecule has 0 spiro atoms. The largest absolute Gasteiger partial charge is 0.432 e. The van der Waals surface area contributed by atoms with E-state index >= 15 is 0 Å². The topological polar surface area (TPSA) is 90.5 Å². The number of anilines is 1. The van der Waals surface area contributed by atoms with Crippen molar-refractivity contribution in [3.05, 3.63) is 58.6 Å². The number of nitrogens with one attached hydrogen (secondary N) is 2. The fraction of sp³-hybridized carbons (Fsp3) is 0.300. The molecule has 0 atom stereocenters. The second-order valence-electron chi connectivity index (χ2n) is 6.99. The molecule has 4 rings (SSSR count). The molecule has 8 heteroatoms. The van der Waals surface area contributed by atoms with Crippen molar-refractivity contribution in [3.8, 4) is 0 Å². The number of rotatable bonds is 3. The number of H-pyrrole nitrogens is 1. The highest BCUT2D eigenvalue weighted by Crippen LogP contribution is 2.36. The summed E-state index contributed by atoms with van der Waals surface area (Å²) in [5.74, 6) is 0.420. The van der Waals surface area contributed by atoms with Gasteiger partial charge in [-0.25, -0.2) is 4.79 Å². The number of aromatic nitrogens is 2. The number of piperidine rings is 1. The van der Waals surface area contributed by atoms with Crippen molar-refractivity contribution in [2.24, 2.45) is 0 Å². The van der Waals surface area contributed by atoms with Gasteiger partial charge in [0.2, 0.25) is 0 Å². The molecule has 1 saturated heterocycles. The lowest BCUT2D eigenvalue weighted by Crippen LogP contribution is -2.44. The first-order valence-corrected chi connectivity index (χ1v) is 9.49. The molecule has 1 aromatic heterocycles. The van der Waals surface area contributed by atoms with Gasteiger partial charge in [0, 0.05) is 23.5 Å². The summed E-state index contributed by atoms with van der Waals surface area (Å²) in [6, 6.07) is 13.0. The van der Waals surface area contributed by atoms with Crippen LogP contribution in [0, 0.1) is 6.92 Å². The number of aromatic amines is 1. The molecule has 3 N–H and O–H groups in total. The number of nitrogens with zero attached hydrogens (tertiary/aromatic N) is 2. The zero-order valence-corrected chi connectivity index (χ0v) is 16.2. The molecule has 1 aliphatic rings. The minimum Gasteiger partial charge on any atom is -0.385 e. The number of fused-ring (bicyclic) bond motifs is 1. The molecule has 0 aliphatic carbocycles. The Labute approximate surface area is 167 Å². The van der Waals surface area contributed by atoms with Crippen molar-refractivity contribution in [2.45, 2.75) is 25.4 Å². The van der Waals surface area contributed by atoms with E-state index in [4.69, 9.17) is 16.4 Å². The zero-order chi connectivity index (χ0) is 19.7. The van der Waals surface area contributed by atoms with Gasteiger partial charge >= 0.3 is 6.09 Å². The van der Waals surface area contributed by atoms with Crippen LogP contribution in [0.1, 0.15) is 24.0 Å². The molecule has 146 valence electrons. The van der Waals surface area contributed by atoms with E-state index in [1.165, 1.54) is 0 Å². The number of amides is 1. The first-order chi connectivity index (χ1) is 13.5. The zero-order valence-electron chi connectivity index (χ0n) is 15.4. The highest BCUT2D eigenvalue weighted by atomic mass is 35.5. The predicted molar refractivity (Wildman–Crippen MR) is 107 cm³/mol. The molecule has 0 bridgehead atoms. The summed E-state index contributed by atoms with van der Waals surface area (Å²) in [7, 11) is 0. The molecule has 2 aromatic carbocycles. The highest BCUT2D eigenvalue weighted by molar-refractivity contribution is 6.31. The third kappa shape index (κ3) is 3.56. The van der Waals surface area contributed by atoms with Crippen LogP contribution in [0.2, 0.25) is 5.02 Å². The highest BCUT2D eigenvalue weighted by Gasteiger charge is 2.36. The maximum absolute atomic E-state index is 12.2. The second-order valence-corrected chi connectivity index (χ2v) is 7.40. The van der Waals surface area contributed by atoms with Crippen molar-refractivity contribution in [3.63, 3.8) is 0 Å².